The smallest absolute Gasteiger partial charge is 0.240 e. The van der Waals surface area contributed by atoms with Crippen molar-refractivity contribution in [2.24, 2.45) is 5.10 Å². The fraction of sp³-hybridized carbons (Fsp3) is 0.375. The fourth-order valence-electron chi connectivity index (χ4n) is 2.76. The molecular weight excluding hydrogens is 537 g/mol. The molecule has 9 heteroatoms. The normalized spacial score (nSPS) is 10.7. The summed E-state index contributed by atoms with van der Waals surface area (Å²) in [6, 6.07) is 10.8. The zero-order chi connectivity index (χ0) is 24.1. The largest absolute Gasteiger partial charge is 0.494 e. The maximum Gasteiger partial charge on any atom is 0.240 e. The van der Waals surface area contributed by atoms with E-state index < -0.39 is 0 Å². The van der Waals surface area contributed by atoms with E-state index in [-0.39, 0.29) is 24.7 Å². The van der Waals surface area contributed by atoms with Crippen LogP contribution in [0.25, 0.3) is 0 Å². The third-order valence-electron chi connectivity index (χ3n) is 4.21. The van der Waals surface area contributed by atoms with Gasteiger partial charge in [0.2, 0.25) is 11.8 Å². The second-order valence-corrected chi connectivity index (χ2v) is 8.07. The van der Waals surface area contributed by atoms with Gasteiger partial charge in [-0.3, -0.25) is 9.59 Å². The molecule has 0 saturated heterocycles. The first-order valence-electron chi connectivity index (χ1n) is 10.9. The Hall–Kier alpha value is -2.82. The van der Waals surface area contributed by atoms with Crippen molar-refractivity contribution in [1.29, 1.82) is 0 Å². The zero-order valence-electron chi connectivity index (χ0n) is 19.2. The van der Waals surface area contributed by atoms with E-state index in [2.05, 4.69) is 38.4 Å². The Morgan fingerprint density at radius 2 is 1.67 bits per heavy atom. The van der Waals surface area contributed by atoms with Crippen molar-refractivity contribution in [3.8, 4) is 17.2 Å². The highest BCUT2D eigenvalue weighted by Crippen LogP contribution is 2.34. The minimum atomic E-state index is -0.351. The van der Waals surface area contributed by atoms with Crippen LogP contribution >= 0.6 is 22.6 Å². The number of hydrogen-bond donors (Lipinski definition) is 2. The molecule has 0 saturated carbocycles. The lowest BCUT2D eigenvalue weighted by Gasteiger charge is -2.14. The highest BCUT2D eigenvalue weighted by molar-refractivity contribution is 14.1. The SMILES string of the molecule is CCCOc1c(I)cc(C=NNC(=O)CCC(=O)Nc2ccc(OCC)cc2)cc1OCC. The molecule has 2 rings (SSSR count). The lowest BCUT2D eigenvalue weighted by Crippen LogP contribution is -2.20. The first kappa shape index (κ1) is 26.4. The van der Waals surface area contributed by atoms with Gasteiger partial charge in [0.25, 0.3) is 0 Å². The maximum absolute atomic E-state index is 12.1. The summed E-state index contributed by atoms with van der Waals surface area (Å²) >= 11 is 2.19. The first-order chi connectivity index (χ1) is 16.0. The van der Waals surface area contributed by atoms with Gasteiger partial charge in [0.05, 0.1) is 29.6 Å². The molecular formula is C24H30IN3O5. The molecule has 33 heavy (non-hydrogen) atoms. The Bertz CT molecular complexity index is 948. The summed E-state index contributed by atoms with van der Waals surface area (Å²) < 4.78 is 17.7. The van der Waals surface area contributed by atoms with Crippen molar-refractivity contribution in [2.45, 2.75) is 40.0 Å². The second-order valence-electron chi connectivity index (χ2n) is 6.91. The van der Waals surface area contributed by atoms with Crippen molar-refractivity contribution in [3.63, 3.8) is 0 Å². The van der Waals surface area contributed by atoms with Crippen LogP contribution in [-0.4, -0.2) is 37.8 Å². The van der Waals surface area contributed by atoms with Gasteiger partial charge < -0.3 is 19.5 Å². The van der Waals surface area contributed by atoms with Crippen LogP contribution < -0.4 is 25.0 Å². The predicted molar refractivity (Wildman–Crippen MR) is 137 cm³/mol. The van der Waals surface area contributed by atoms with Gasteiger partial charge in [-0.1, -0.05) is 6.92 Å². The molecule has 0 aliphatic carbocycles. The number of amides is 2. The van der Waals surface area contributed by atoms with Crippen molar-refractivity contribution in [1.82, 2.24) is 5.43 Å². The van der Waals surface area contributed by atoms with Crippen LogP contribution in [0, 0.1) is 3.57 Å². The van der Waals surface area contributed by atoms with Gasteiger partial charge >= 0.3 is 0 Å². The molecule has 0 aromatic heterocycles. The number of nitrogens with one attached hydrogen (secondary N) is 2. The predicted octanol–water partition coefficient (Wildman–Crippen LogP) is 4.75. The van der Waals surface area contributed by atoms with Gasteiger partial charge in [0.15, 0.2) is 11.5 Å². The Morgan fingerprint density at radius 1 is 0.970 bits per heavy atom. The topological polar surface area (TPSA) is 98.2 Å². The summed E-state index contributed by atoms with van der Waals surface area (Å²) in [4.78, 5) is 24.1. The minimum absolute atomic E-state index is 0.0196. The molecule has 2 aromatic carbocycles. The van der Waals surface area contributed by atoms with E-state index in [4.69, 9.17) is 14.2 Å². The van der Waals surface area contributed by atoms with E-state index in [0.29, 0.717) is 37.0 Å². The number of rotatable bonds is 13. The Morgan fingerprint density at radius 3 is 2.33 bits per heavy atom. The fourth-order valence-corrected chi connectivity index (χ4v) is 3.54. The van der Waals surface area contributed by atoms with E-state index in [0.717, 1.165) is 21.3 Å². The number of halogens is 1. The molecule has 0 bridgehead atoms. The van der Waals surface area contributed by atoms with Crippen LogP contribution in [-0.2, 0) is 9.59 Å². The molecule has 8 nitrogen and oxygen atoms in total. The van der Waals surface area contributed by atoms with Crippen LogP contribution in [0.1, 0.15) is 45.6 Å². The minimum Gasteiger partial charge on any atom is -0.494 e. The number of ether oxygens (including phenoxy) is 3. The van der Waals surface area contributed by atoms with Gasteiger partial charge in [0.1, 0.15) is 5.75 Å². The van der Waals surface area contributed by atoms with Gasteiger partial charge in [0, 0.05) is 18.5 Å². The summed E-state index contributed by atoms with van der Waals surface area (Å²) in [6.45, 7) is 7.54. The van der Waals surface area contributed by atoms with Gasteiger partial charge in [-0.15, -0.1) is 0 Å². The van der Waals surface area contributed by atoms with Gasteiger partial charge in [-0.2, -0.15) is 5.10 Å². The summed E-state index contributed by atoms with van der Waals surface area (Å²) in [6.07, 6.45) is 2.50. The first-order valence-corrected chi connectivity index (χ1v) is 12.0. The number of hydrogen-bond acceptors (Lipinski definition) is 6. The molecule has 0 unspecified atom stereocenters. The van der Waals surface area contributed by atoms with E-state index in [1.165, 1.54) is 6.21 Å². The maximum atomic E-state index is 12.1. The molecule has 0 fully saturated rings. The number of hydrazone groups is 1. The molecule has 2 amide bonds. The third-order valence-corrected chi connectivity index (χ3v) is 5.01. The standard InChI is InChI=1S/C24H30IN3O5/c1-4-13-33-24-20(25)14-17(15-21(24)32-6-3)16-26-28-23(30)12-11-22(29)27-18-7-9-19(10-8-18)31-5-2/h7-10,14-16H,4-6,11-13H2,1-3H3,(H,27,29)(H,28,30). The summed E-state index contributed by atoms with van der Waals surface area (Å²) in [5, 5.41) is 6.75. The Balaban J connectivity index is 1.84. The molecule has 0 radical (unpaired) electrons. The van der Waals surface area contributed by atoms with Crippen LogP contribution in [0.4, 0.5) is 5.69 Å². The number of anilines is 1. The average Bonchev–Trinajstić information content (AvgIpc) is 2.79. The van der Waals surface area contributed by atoms with Gasteiger partial charge in [-0.25, -0.2) is 5.43 Å². The molecule has 2 aromatic rings. The number of carbonyl (C=O) groups is 2. The van der Waals surface area contributed by atoms with Gasteiger partial charge in [-0.05, 0) is 84.8 Å². The van der Waals surface area contributed by atoms with Crippen LogP contribution in [0.15, 0.2) is 41.5 Å². The highest BCUT2D eigenvalue weighted by Gasteiger charge is 2.12. The number of benzene rings is 2. The van der Waals surface area contributed by atoms with Crippen LogP contribution in [0.2, 0.25) is 0 Å². The van der Waals surface area contributed by atoms with Crippen molar-refractivity contribution >= 4 is 46.3 Å². The molecule has 2 N–H and O–H groups in total. The molecule has 0 aliphatic heterocycles. The van der Waals surface area contributed by atoms with Crippen molar-refractivity contribution < 1.29 is 23.8 Å². The summed E-state index contributed by atoms with van der Waals surface area (Å²) in [7, 11) is 0. The van der Waals surface area contributed by atoms with E-state index >= 15 is 0 Å². The quantitative estimate of drug-likeness (QED) is 0.207. The van der Waals surface area contributed by atoms with Crippen molar-refractivity contribution in [3.05, 3.63) is 45.5 Å². The van der Waals surface area contributed by atoms with Crippen molar-refractivity contribution in [2.75, 3.05) is 25.1 Å². The molecule has 0 spiro atoms. The lowest BCUT2D eigenvalue weighted by molar-refractivity contribution is -0.124. The number of carbonyl (C=O) groups excluding carboxylic acids is 2. The average molecular weight is 567 g/mol. The highest BCUT2D eigenvalue weighted by atomic mass is 127. The Labute approximate surface area is 208 Å². The third kappa shape index (κ3) is 9.29. The van der Waals surface area contributed by atoms with Crippen LogP contribution in [0.5, 0.6) is 17.2 Å². The Kier molecular flexibility index (Phi) is 11.5. The lowest BCUT2D eigenvalue weighted by atomic mass is 10.2. The summed E-state index contributed by atoms with van der Waals surface area (Å²) in [5.41, 5.74) is 3.86. The molecule has 0 atom stereocenters. The molecule has 0 heterocycles. The van der Waals surface area contributed by atoms with Crippen LogP contribution in [0.3, 0.4) is 0 Å². The monoisotopic (exact) mass is 567 g/mol. The molecule has 178 valence electrons. The van der Waals surface area contributed by atoms with E-state index in [1.54, 1.807) is 24.3 Å². The zero-order valence-corrected chi connectivity index (χ0v) is 21.3. The van der Waals surface area contributed by atoms with E-state index in [9.17, 15) is 9.59 Å². The van der Waals surface area contributed by atoms with E-state index in [1.807, 2.05) is 32.9 Å². The number of nitrogens with zero attached hydrogens (tertiary/aromatic N) is 1. The molecule has 0 aliphatic rings. The second kappa shape index (κ2) is 14.4. The summed E-state index contributed by atoms with van der Waals surface area (Å²) in [5.74, 6) is 1.47.